The third-order valence-corrected chi connectivity index (χ3v) is 3.80. The van der Waals surface area contributed by atoms with Crippen molar-refractivity contribution in [2.24, 2.45) is 5.41 Å². The number of methoxy groups -OCH3 is 2. The van der Waals surface area contributed by atoms with Crippen LogP contribution in [0.5, 0.6) is 11.5 Å². The summed E-state index contributed by atoms with van der Waals surface area (Å²) in [5.74, 6) is -0.146. The standard InChI is InChI=1S/C18H25NO5/c1-6-7-12-10-13(11-14(23-4)15(12)24-5)16(20)19-9-8-18(2,3)17(21)22/h6,10-11H,1,7-9H2,2-5H3,(H,19,20)(H,21,22). The minimum atomic E-state index is -0.892. The van der Waals surface area contributed by atoms with E-state index >= 15 is 0 Å². The fourth-order valence-electron chi connectivity index (χ4n) is 2.18. The molecule has 0 bridgehead atoms. The molecule has 0 atom stereocenters. The summed E-state index contributed by atoms with van der Waals surface area (Å²) in [7, 11) is 3.05. The van der Waals surface area contributed by atoms with Gasteiger partial charge in [0, 0.05) is 17.7 Å². The van der Waals surface area contributed by atoms with E-state index in [1.54, 1.807) is 32.1 Å². The Hall–Kier alpha value is -2.50. The summed E-state index contributed by atoms with van der Waals surface area (Å²) in [5.41, 5.74) is 0.333. The van der Waals surface area contributed by atoms with Crippen LogP contribution in [-0.4, -0.2) is 37.7 Å². The van der Waals surface area contributed by atoms with Crippen LogP contribution in [0.1, 0.15) is 36.2 Å². The Morgan fingerprint density at radius 1 is 1.29 bits per heavy atom. The molecule has 0 radical (unpaired) electrons. The van der Waals surface area contributed by atoms with Crippen molar-refractivity contribution in [2.75, 3.05) is 20.8 Å². The second kappa shape index (κ2) is 8.38. The zero-order chi connectivity index (χ0) is 18.3. The van der Waals surface area contributed by atoms with Gasteiger partial charge >= 0.3 is 5.97 Å². The van der Waals surface area contributed by atoms with Crippen molar-refractivity contribution >= 4 is 11.9 Å². The van der Waals surface area contributed by atoms with Gasteiger partial charge in [0.1, 0.15) is 0 Å². The van der Waals surface area contributed by atoms with Crippen LogP contribution in [0.15, 0.2) is 24.8 Å². The number of carbonyl (C=O) groups is 2. The third kappa shape index (κ3) is 4.75. The predicted octanol–water partition coefficient (Wildman–Crippen LogP) is 2.66. The van der Waals surface area contributed by atoms with Crippen LogP contribution < -0.4 is 14.8 Å². The first-order chi connectivity index (χ1) is 11.3. The summed E-state index contributed by atoms with van der Waals surface area (Å²) in [6.45, 7) is 7.22. The number of carbonyl (C=O) groups excluding carboxylic acids is 1. The van der Waals surface area contributed by atoms with E-state index in [0.29, 0.717) is 29.9 Å². The fourth-order valence-corrected chi connectivity index (χ4v) is 2.18. The molecule has 0 aliphatic heterocycles. The van der Waals surface area contributed by atoms with Gasteiger partial charge in [0.05, 0.1) is 19.6 Å². The average Bonchev–Trinajstić information content (AvgIpc) is 2.53. The molecule has 0 spiro atoms. The summed E-state index contributed by atoms with van der Waals surface area (Å²) in [5, 5.41) is 11.8. The van der Waals surface area contributed by atoms with Gasteiger partial charge in [-0.05, 0) is 38.8 Å². The van der Waals surface area contributed by atoms with Crippen molar-refractivity contribution < 1.29 is 24.2 Å². The first-order valence-electron chi connectivity index (χ1n) is 7.64. The molecule has 2 N–H and O–H groups in total. The maximum Gasteiger partial charge on any atom is 0.309 e. The second-order valence-corrected chi connectivity index (χ2v) is 6.06. The second-order valence-electron chi connectivity index (χ2n) is 6.06. The smallest absolute Gasteiger partial charge is 0.309 e. The van der Waals surface area contributed by atoms with Crippen LogP contribution in [0.3, 0.4) is 0 Å². The van der Waals surface area contributed by atoms with E-state index in [1.807, 2.05) is 0 Å². The van der Waals surface area contributed by atoms with Crippen molar-refractivity contribution in [1.82, 2.24) is 5.32 Å². The van der Waals surface area contributed by atoms with Crippen molar-refractivity contribution in [3.05, 3.63) is 35.9 Å². The van der Waals surface area contributed by atoms with E-state index in [2.05, 4.69) is 11.9 Å². The summed E-state index contributed by atoms with van der Waals surface area (Å²) < 4.78 is 10.6. The largest absolute Gasteiger partial charge is 0.493 e. The molecule has 0 saturated heterocycles. The number of ether oxygens (including phenoxy) is 2. The molecule has 6 heteroatoms. The first kappa shape index (κ1) is 19.5. The van der Waals surface area contributed by atoms with Crippen molar-refractivity contribution in [2.45, 2.75) is 26.7 Å². The normalized spacial score (nSPS) is 10.8. The molecule has 6 nitrogen and oxygen atoms in total. The van der Waals surface area contributed by atoms with Gasteiger partial charge in [-0.2, -0.15) is 0 Å². The van der Waals surface area contributed by atoms with Crippen molar-refractivity contribution in [3.8, 4) is 11.5 Å². The highest BCUT2D eigenvalue weighted by molar-refractivity contribution is 5.95. The number of aliphatic carboxylic acids is 1. The molecule has 1 amide bonds. The number of hydrogen-bond acceptors (Lipinski definition) is 4. The number of benzene rings is 1. The molecule has 1 rings (SSSR count). The maximum absolute atomic E-state index is 12.3. The van der Waals surface area contributed by atoms with E-state index in [0.717, 1.165) is 5.56 Å². The number of carboxylic acid groups (broad SMARTS) is 1. The van der Waals surface area contributed by atoms with Crippen LogP contribution in [-0.2, 0) is 11.2 Å². The molecule has 0 aliphatic carbocycles. The monoisotopic (exact) mass is 335 g/mol. The van der Waals surface area contributed by atoms with Gasteiger partial charge in [-0.3, -0.25) is 9.59 Å². The molecule has 132 valence electrons. The molecule has 1 aromatic carbocycles. The highest BCUT2D eigenvalue weighted by Gasteiger charge is 2.26. The Kier molecular flexibility index (Phi) is 6.82. The molecule has 0 saturated carbocycles. The molecular weight excluding hydrogens is 310 g/mol. The Labute approximate surface area is 142 Å². The van der Waals surface area contributed by atoms with Crippen LogP contribution in [0.4, 0.5) is 0 Å². The Balaban J connectivity index is 2.92. The van der Waals surface area contributed by atoms with Gasteiger partial charge in [-0.25, -0.2) is 0 Å². The van der Waals surface area contributed by atoms with Gasteiger partial charge in [-0.15, -0.1) is 6.58 Å². The Bertz CT molecular complexity index is 622. The molecule has 0 fully saturated rings. The topological polar surface area (TPSA) is 84.9 Å². The predicted molar refractivity (Wildman–Crippen MR) is 91.8 cm³/mol. The van der Waals surface area contributed by atoms with Gasteiger partial charge in [0.25, 0.3) is 5.91 Å². The molecule has 0 aromatic heterocycles. The SMILES string of the molecule is C=CCc1cc(C(=O)NCCC(C)(C)C(=O)O)cc(OC)c1OC. The van der Waals surface area contributed by atoms with Crippen molar-refractivity contribution in [3.63, 3.8) is 0 Å². The Morgan fingerprint density at radius 2 is 1.96 bits per heavy atom. The fraction of sp³-hybridized carbons (Fsp3) is 0.444. The summed E-state index contributed by atoms with van der Waals surface area (Å²) >= 11 is 0. The number of hydrogen-bond donors (Lipinski definition) is 2. The molecule has 0 unspecified atom stereocenters. The van der Waals surface area contributed by atoms with Crippen LogP contribution >= 0.6 is 0 Å². The number of allylic oxidation sites excluding steroid dienone is 1. The lowest BCUT2D eigenvalue weighted by molar-refractivity contribution is -0.147. The number of carboxylic acids is 1. The highest BCUT2D eigenvalue weighted by atomic mass is 16.5. The van der Waals surface area contributed by atoms with Crippen LogP contribution in [0.25, 0.3) is 0 Å². The van der Waals surface area contributed by atoms with Crippen LogP contribution in [0.2, 0.25) is 0 Å². The number of nitrogens with one attached hydrogen (secondary N) is 1. The van der Waals surface area contributed by atoms with E-state index in [1.165, 1.54) is 14.2 Å². The lowest BCUT2D eigenvalue weighted by Crippen LogP contribution is -2.32. The lowest BCUT2D eigenvalue weighted by Gasteiger charge is -2.19. The molecule has 0 heterocycles. The summed E-state index contributed by atoms with van der Waals surface area (Å²) in [4.78, 5) is 23.4. The van der Waals surface area contributed by atoms with E-state index in [9.17, 15) is 9.59 Å². The zero-order valence-electron chi connectivity index (χ0n) is 14.6. The molecule has 1 aromatic rings. The molecule has 24 heavy (non-hydrogen) atoms. The van der Waals surface area contributed by atoms with Gasteiger partial charge in [0.15, 0.2) is 11.5 Å². The quantitative estimate of drug-likeness (QED) is 0.678. The van der Waals surface area contributed by atoms with Gasteiger partial charge in [0.2, 0.25) is 0 Å². The average molecular weight is 335 g/mol. The molecular formula is C18H25NO5. The maximum atomic E-state index is 12.3. The Morgan fingerprint density at radius 3 is 2.46 bits per heavy atom. The van der Waals surface area contributed by atoms with Crippen molar-refractivity contribution in [1.29, 1.82) is 0 Å². The first-order valence-corrected chi connectivity index (χ1v) is 7.64. The number of amides is 1. The third-order valence-electron chi connectivity index (χ3n) is 3.80. The van der Waals surface area contributed by atoms with E-state index in [4.69, 9.17) is 14.6 Å². The minimum Gasteiger partial charge on any atom is -0.493 e. The summed E-state index contributed by atoms with van der Waals surface area (Å²) in [6, 6.07) is 3.32. The van der Waals surface area contributed by atoms with E-state index < -0.39 is 11.4 Å². The van der Waals surface area contributed by atoms with Gasteiger partial charge in [-0.1, -0.05) is 6.08 Å². The molecule has 0 aliphatic rings. The van der Waals surface area contributed by atoms with Crippen LogP contribution in [0, 0.1) is 5.41 Å². The highest BCUT2D eigenvalue weighted by Crippen LogP contribution is 2.33. The zero-order valence-corrected chi connectivity index (χ0v) is 14.6. The van der Waals surface area contributed by atoms with Gasteiger partial charge < -0.3 is 19.9 Å². The minimum absolute atomic E-state index is 0.267. The summed E-state index contributed by atoms with van der Waals surface area (Å²) in [6.07, 6.45) is 2.59. The van der Waals surface area contributed by atoms with E-state index in [-0.39, 0.29) is 12.5 Å². The lowest BCUT2D eigenvalue weighted by atomic mass is 9.89. The number of rotatable bonds is 9.